The summed E-state index contributed by atoms with van der Waals surface area (Å²) >= 11 is 0. The molecule has 2 bridgehead atoms. The van der Waals surface area contributed by atoms with Crippen molar-refractivity contribution < 1.29 is 4.79 Å². The summed E-state index contributed by atoms with van der Waals surface area (Å²) in [4.78, 5) is 12.0. The zero-order valence-corrected chi connectivity index (χ0v) is 12.7. The lowest BCUT2D eigenvalue weighted by molar-refractivity contribution is -0.125. The van der Waals surface area contributed by atoms with Gasteiger partial charge in [-0.1, -0.05) is 30.3 Å². The fourth-order valence-corrected chi connectivity index (χ4v) is 4.32. The van der Waals surface area contributed by atoms with Crippen LogP contribution in [0.2, 0.25) is 0 Å². The maximum Gasteiger partial charge on any atom is 0.255 e. The number of fused-ring (bicyclic) bond motifs is 5. The normalized spacial score (nSPS) is 31.7. The number of carbonyl (C=O) groups excluding carboxylic acids is 1. The van der Waals surface area contributed by atoms with Gasteiger partial charge in [0.1, 0.15) is 0 Å². The fourth-order valence-electron chi connectivity index (χ4n) is 4.32. The summed E-state index contributed by atoms with van der Waals surface area (Å²) in [7, 11) is 0. The molecule has 0 spiro atoms. The first-order valence-electron chi connectivity index (χ1n) is 8.08. The molecule has 6 heteroatoms. The molecule has 5 N–H and O–H groups in total. The molecule has 2 fully saturated rings. The third-order valence-corrected chi connectivity index (χ3v) is 5.46. The highest BCUT2D eigenvalue weighted by Crippen LogP contribution is 2.39. The highest BCUT2D eigenvalue weighted by Gasteiger charge is 2.53. The van der Waals surface area contributed by atoms with Crippen molar-refractivity contribution in [1.82, 2.24) is 16.3 Å². The summed E-state index contributed by atoms with van der Waals surface area (Å²) in [5, 5.41) is 4.66. The lowest BCUT2D eigenvalue weighted by Crippen LogP contribution is -2.71. The summed E-state index contributed by atoms with van der Waals surface area (Å²) in [5.41, 5.74) is 17.0. The molecule has 6 nitrogen and oxygen atoms in total. The number of carbonyl (C=O) groups is 1. The minimum atomic E-state index is -0.914. The van der Waals surface area contributed by atoms with Crippen molar-refractivity contribution in [1.29, 1.82) is 0 Å². The van der Waals surface area contributed by atoms with E-state index in [1.54, 1.807) is 0 Å². The highest BCUT2D eigenvalue weighted by atomic mass is 16.2. The van der Waals surface area contributed by atoms with Gasteiger partial charge in [0.05, 0.1) is 11.7 Å². The van der Waals surface area contributed by atoms with Gasteiger partial charge in [-0.3, -0.25) is 10.2 Å². The van der Waals surface area contributed by atoms with E-state index in [1.165, 1.54) is 16.3 Å². The number of nitrogens with two attached hydrogens (primary N) is 1. The van der Waals surface area contributed by atoms with Gasteiger partial charge in [0.25, 0.3) is 5.91 Å². The van der Waals surface area contributed by atoms with E-state index >= 15 is 0 Å². The van der Waals surface area contributed by atoms with Gasteiger partial charge in [-0.15, -0.1) is 0 Å². The molecule has 0 aliphatic carbocycles. The van der Waals surface area contributed by atoms with Gasteiger partial charge in [0, 0.05) is 17.8 Å². The van der Waals surface area contributed by atoms with Crippen molar-refractivity contribution >= 4 is 22.4 Å². The first-order chi connectivity index (χ1) is 11.2. The number of aryl methyl sites for hydroxylation is 1. The monoisotopic (exact) mass is 309 g/mol. The fraction of sp³-hybridized carbons (Fsp3) is 0.353. The standard InChI is InChI=1S/C17H19N5O/c18-16(23)17-9-12(19-20-17)13-8-7-11-4-1-3-10-5-2-6-14(15(10)11)22(13)21-17/h1-6,12-13,19-21H,7-9H2,(H2,18,23). The van der Waals surface area contributed by atoms with Gasteiger partial charge in [0.2, 0.25) is 0 Å². The van der Waals surface area contributed by atoms with E-state index in [9.17, 15) is 4.79 Å². The molecule has 2 aromatic carbocycles. The van der Waals surface area contributed by atoms with Crippen LogP contribution in [0.3, 0.4) is 0 Å². The van der Waals surface area contributed by atoms with Crippen molar-refractivity contribution in [3.8, 4) is 0 Å². The average Bonchev–Trinajstić information content (AvgIpc) is 2.84. The molecular weight excluding hydrogens is 290 g/mol. The Morgan fingerprint density at radius 2 is 2.09 bits per heavy atom. The second-order valence-electron chi connectivity index (χ2n) is 6.73. The molecule has 1 amide bonds. The Bertz CT molecular complexity index is 816. The third-order valence-electron chi connectivity index (χ3n) is 5.46. The van der Waals surface area contributed by atoms with E-state index in [0.29, 0.717) is 6.42 Å². The molecule has 2 aromatic rings. The third kappa shape index (κ3) is 1.71. The summed E-state index contributed by atoms with van der Waals surface area (Å²) in [5.74, 6) is -0.379. The maximum absolute atomic E-state index is 12.0. The van der Waals surface area contributed by atoms with Crippen molar-refractivity contribution in [3.63, 3.8) is 0 Å². The number of hydrazine groups is 2. The Kier molecular flexibility index (Phi) is 2.57. The molecule has 3 unspecified atom stereocenters. The Hall–Kier alpha value is -2.15. The van der Waals surface area contributed by atoms with E-state index in [4.69, 9.17) is 5.73 Å². The van der Waals surface area contributed by atoms with Crippen LogP contribution in [0.15, 0.2) is 36.4 Å². The minimum absolute atomic E-state index is 0.188. The second kappa shape index (κ2) is 4.44. The number of hydrogen-bond donors (Lipinski definition) is 4. The number of hydrogen-bond acceptors (Lipinski definition) is 5. The summed E-state index contributed by atoms with van der Waals surface area (Å²) in [6.45, 7) is 0. The summed E-state index contributed by atoms with van der Waals surface area (Å²) < 4.78 is 0. The van der Waals surface area contributed by atoms with E-state index in [1.807, 2.05) is 0 Å². The number of nitrogens with zero attached hydrogens (tertiary/aromatic N) is 1. The number of rotatable bonds is 1. The first-order valence-corrected chi connectivity index (χ1v) is 8.08. The van der Waals surface area contributed by atoms with Crippen molar-refractivity contribution in [2.24, 2.45) is 5.73 Å². The maximum atomic E-state index is 12.0. The topological polar surface area (TPSA) is 82.4 Å². The van der Waals surface area contributed by atoms with Gasteiger partial charge < -0.3 is 10.7 Å². The molecule has 118 valence electrons. The van der Waals surface area contributed by atoms with Crippen LogP contribution in [0.4, 0.5) is 5.69 Å². The summed E-state index contributed by atoms with van der Waals surface area (Å²) in [6, 6.07) is 13.3. The van der Waals surface area contributed by atoms with Crippen LogP contribution >= 0.6 is 0 Å². The molecule has 0 aromatic heterocycles. The molecule has 2 saturated heterocycles. The Morgan fingerprint density at radius 3 is 2.91 bits per heavy atom. The average molecular weight is 309 g/mol. The molecule has 3 heterocycles. The van der Waals surface area contributed by atoms with Gasteiger partial charge in [-0.25, -0.2) is 10.9 Å². The molecule has 3 aliphatic heterocycles. The van der Waals surface area contributed by atoms with E-state index < -0.39 is 5.66 Å². The van der Waals surface area contributed by atoms with Gasteiger partial charge in [-0.2, -0.15) is 0 Å². The Labute approximate surface area is 134 Å². The number of primary amides is 1. The number of nitrogens with one attached hydrogen (secondary N) is 3. The second-order valence-corrected chi connectivity index (χ2v) is 6.73. The van der Waals surface area contributed by atoms with E-state index in [-0.39, 0.29) is 18.0 Å². The molecule has 0 radical (unpaired) electrons. The van der Waals surface area contributed by atoms with Crippen LogP contribution in [-0.2, 0) is 11.2 Å². The molecule has 3 aliphatic rings. The van der Waals surface area contributed by atoms with Gasteiger partial charge in [-0.05, 0) is 29.9 Å². The summed E-state index contributed by atoms with van der Waals surface area (Å²) in [6.07, 6.45) is 2.71. The Balaban J connectivity index is 1.71. The van der Waals surface area contributed by atoms with Crippen LogP contribution in [0.25, 0.3) is 10.8 Å². The van der Waals surface area contributed by atoms with Gasteiger partial charge in [0.15, 0.2) is 5.66 Å². The van der Waals surface area contributed by atoms with Crippen LogP contribution in [-0.4, -0.2) is 23.7 Å². The highest BCUT2D eigenvalue weighted by molar-refractivity contribution is 5.98. The predicted molar refractivity (Wildman–Crippen MR) is 88.3 cm³/mol. The SMILES string of the molecule is NC(=O)C12CC(NN1)C1CCc3cccc4cccc(c34)N1N2. The van der Waals surface area contributed by atoms with Crippen molar-refractivity contribution in [3.05, 3.63) is 42.0 Å². The van der Waals surface area contributed by atoms with Crippen LogP contribution in [0, 0.1) is 0 Å². The number of benzene rings is 2. The van der Waals surface area contributed by atoms with Crippen LogP contribution in [0.5, 0.6) is 0 Å². The zero-order valence-electron chi connectivity index (χ0n) is 12.7. The molecule has 23 heavy (non-hydrogen) atoms. The van der Waals surface area contributed by atoms with Crippen LogP contribution < -0.4 is 27.0 Å². The lowest BCUT2D eigenvalue weighted by atomic mass is 9.92. The smallest absolute Gasteiger partial charge is 0.255 e. The zero-order chi connectivity index (χ0) is 15.6. The van der Waals surface area contributed by atoms with Crippen molar-refractivity contribution in [2.45, 2.75) is 37.0 Å². The quantitative estimate of drug-likeness (QED) is 0.618. The molecular formula is C17H19N5O. The Morgan fingerprint density at radius 1 is 1.26 bits per heavy atom. The van der Waals surface area contributed by atoms with E-state index in [0.717, 1.165) is 18.5 Å². The van der Waals surface area contributed by atoms with E-state index in [2.05, 4.69) is 57.7 Å². The predicted octanol–water partition coefficient (Wildman–Crippen LogP) is 0.527. The van der Waals surface area contributed by atoms with Crippen molar-refractivity contribution in [2.75, 3.05) is 5.01 Å². The number of amides is 1. The van der Waals surface area contributed by atoms with Crippen LogP contribution in [0.1, 0.15) is 18.4 Å². The lowest BCUT2D eigenvalue weighted by Gasteiger charge is -2.44. The largest absolute Gasteiger partial charge is 0.367 e. The minimum Gasteiger partial charge on any atom is -0.367 e. The molecule has 5 rings (SSSR count). The van der Waals surface area contributed by atoms with Gasteiger partial charge >= 0.3 is 0 Å². The number of anilines is 1. The molecule has 0 saturated carbocycles. The molecule has 3 atom stereocenters. The first kappa shape index (κ1) is 13.3.